The first-order chi connectivity index (χ1) is 14.4. The Morgan fingerprint density at radius 2 is 2.13 bits per heavy atom. The molecule has 4 aromatic rings. The Labute approximate surface area is 178 Å². The third-order valence-electron chi connectivity index (χ3n) is 4.67. The molecule has 154 valence electrons. The average Bonchev–Trinajstić information content (AvgIpc) is 3.29. The summed E-state index contributed by atoms with van der Waals surface area (Å²) in [6.07, 6.45) is 1.38. The Balaban J connectivity index is 1.51. The van der Waals surface area contributed by atoms with Gasteiger partial charge < -0.3 is 10.1 Å². The molecule has 10 heteroatoms. The van der Waals surface area contributed by atoms with Crippen molar-refractivity contribution in [2.75, 3.05) is 12.4 Å². The molecule has 3 heterocycles. The maximum atomic E-state index is 13.9. The highest BCUT2D eigenvalue weighted by atomic mass is 32.1. The number of thiazole rings is 1. The highest BCUT2D eigenvalue weighted by molar-refractivity contribution is 7.18. The molecule has 1 amide bonds. The fourth-order valence-electron chi connectivity index (χ4n) is 2.99. The van der Waals surface area contributed by atoms with E-state index in [1.54, 1.807) is 11.4 Å². The molecule has 0 bridgehead atoms. The van der Waals surface area contributed by atoms with Crippen molar-refractivity contribution in [3.63, 3.8) is 0 Å². The van der Waals surface area contributed by atoms with Gasteiger partial charge in [0.25, 0.3) is 5.56 Å². The van der Waals surface area contributed by atoms with Crippen LogP contribution in [0.5, 0.6) is 5.75 Å². The van der Waals surface area contributed by atoms with Crippen LogP contribution in [0, 0.1) is 19.7 Å². The summed E-state index contributed by atoms with van der Waals surface area (Å²) in [4.78, 5) is 35.5. The fourth-order valence-corrected chi connectivity index (χ4v) is 4.71. The minimum atomic E-state index is -0.491. The number of hydrogen-bond acceptors (Lipinski definition) is 7. The Kier molecular flexibility index (Phi) is 5.35. The van der Waals surface area contributed by atoms with E-state index in [1.807, 2.05) is 13.8 Å². The van der Waals surface area contributed by atoms with Gasteiger partial charge in [-0.3, -0.25) is 14.2 Å². The summed E-state index contributed by atoms with van der Waals surface area (Å²) in [5.74, 6) is -0.742. The molecule has 0 aliphatic rings. The number of carbonyl (C=O) groups excluding carboxylic acids is 1. The highest BCUT2D eigenvalue weighted by Gasteiger charge is 2.15. The van der Waals surface area contributed by atoms with Gasteiger partial charge in [0, 0.05) is 15.8 Å². The number of nitrogens with zero attached hydrogens (tertiary/aromatic N) is 3. The molecule has 0 spiro atoms. The Bertz CT molecular complexity index is 1330. The minimum Gasteiger partial charge on any atom is -0.494 e. The van der Waals surface area contributed by atoms with Gasteiger partial charge in [0.2, 0.25) is 5.91 Å². The summed E-state index contributed by atoms with van der Waals surface area (Å²) in [6, 6.07) is 4.53. The first kappa shape index (κ1) is 20.2. The van der Waals surface area contributed by atoms with Crippen molar-refractivity contribution in [2.45, 2.75) is 20.4 Å². The van der Waals surface area contributed by atoms with E-state index < -0.39 is 11.7 Å². The van der Waals surface area contributed by atoms with Gasteiger partial charge in [-0.2, -0.15) is 0 Å². The van der Waals surface area contributed by atoms with Crippen LogP contribution in [0.4, 0.5) is 9.52 Å². The number of nitrogens with one attached hydrogen (secondary N) is 1. The number of carbonyl (C=O) groups is 1. The molecular formula is C20H17FN4O3S2. The smallest absolute Gasteiger partial charge is 0.262 e. The molecule has 0 fully saturated rings. The van der Waals surface area contributed by atoms with Gasteiger partial charge in [-0.15, -0.1) is 22.7 Å². The van der Waals surface area contributed by atoms with Crippen LogP contribution >= 0.6 is 22.7 Å². The number of fused-ring (bicyclic) bond motifs is 1. The zero-order chi connectivity index (χ0) is 21.4. The molecule has 4 rings (SSSR count). The number of methoxy groups -OCH3 is 1. The van der Waals surface area contributed by atoms with Crippen molar-refractivity contribution >= 4 is 43.9 Å². The topological polar surface area (TPSA) is 86.1 Å². The third kappa shape index (κ3) is 3.71. The number of anilines is 1. The van der Waals surface area contributed by atoms with Crippen molar-refractivity contribution in [3.05, 3.63) is 56.5 Å². The van der Waals surface area contributed by atoms with Gasteiger partial charge in [0.1, 0.15) is 11.4 Å². The predicted molar refractivity (Wildman–Crippen MR) is 116 cm³/mol. The lowest BCUT2D eigenvalue weighted by Gasteiger charge is -2.05. The minimum absolute atomic E-state index is 0.148. The number of rotatable bonds is 5. The van der Waals surface area contributed by atoms with E-state index in [0.29, 0.717) is 26.6 Å². The summed E-state index contributed by atoms with van der Waals surface area (Å²) < 4.78 is 20.1. The van der Waals surface area contributed by atoms with E-state index in [0.717, 1.165) is 10.4 Å². The normalized spacial score (nSPS) is 11.1. The summed E-state index contributed by atoms with van der Waals surface area (Å²) in [7, 11) is 1.40. The number of hydrogen-bond donors (Lipinski definition) is 1. The quantitative estimate of drug-likeness (QED) is 0.503. The van der Waals surface area contributed by atoms with Gasteiger partial charge in [-0.25, -0.2) is 14.4 Å². The number of halogens is 1. The van der Waals surface area contributed by atoms with Crippen LogP contribution in [0.1, 0.15) is 10.4 Å². The molecule has 0 aliphatic carbocycles. The lowest BCUT2D eigenvalue weighted by molar-refractivity contribution is -0.116. The van der Waals surface area contributed by atoms with Crippen LogP contribution in [0.3, 0.4) is 0 Å². The number of thiophene rings is 1. The highest BCUT2D eigenvalue weighted by Crippen LogP contribution is 2.28. The van der Waals surface area contributed by atoms with E-state index in [4.69, 9.17) is 4.74 Å². The second-order valence-corrected chi connectivity index (χ2v) is 8.64. The monoisotopic (exact) mass is 444 g/mol. The zero-order valence-electron chi connectivity index (χ0n) is 16.4. The first-order valence-electron chi connectivity index (χ1n) is 8.91. The molecule has 30 heavy (non-hydrogen) atoms. The number of benzene rings is 1. The van der Waals surface area contributed by atoms with Crippen molar-refractivity contribution in [1.29, 1.82) is 0 Å². The van der Waals surface area contributed by atoms with Crippen LogP contribution < -0.4 is 15.6 Å². The lowest BCUT2D eigenvalue weighted by Crippen LogP contribution is -2.27. The largest absolute Gasteiger partial charge is 0.494 e. The van der Waals surface area contributed by atoms with Gasteiger partial charge in [0.05, 0.1) is 24.5 Å². The van der Waals surface area contributed by atoms with Crippen LogP contribution in [0.25, 0.3) is 21.5 Å². The van der Waals surface area contributed by atoms with Gasteiger partial charge in [-0.1, -0.05) is 0 Å². The maximum Gasteiger partial charge on any atom is 0.262 e. The van der Waals surface area contributed by atoms with Crippen molar-refractivity contribution in [3.8, 4) is 17.0 Å². The molecule has 0 atom stereocenters. The molecule has 0 saturated carbocycles. The number of aryl methyl sites for hydroxylation is 2. The maximum absolute atomic E-state index is 13.9. The first-order valence-corrected chi connectivity index (χ1v) is 10.6. The van der Waals surface area contributed by atoms with E-state index in [2.05, 4.69) is 15.3 Å². The molecule has 0 unspecified atom stereocenters. The SMILES string of the molecule is COc1ccc(-c2csc(NC(=O)Cn3cnc4sc(C)c(C)c4c3=O)n2)cc1F. The fraction of sp³-hybridized carbons (Fsp3) is 0.200. The van der Waals surface area contributed by atoms with Gasteiger partial charge >= 0.3 is 0 Å². The summed E-state index contributed by atoms with van der Waals surface area (Å²) in [5.41, 5.74) is 1.74. The third-order valence-corrected chi connectivity index (χ3v) is 6.54. The second kappa shape index (κ2) is 7.96. The van der Waals surface area contributed by atoms with E-state index in [1.165, 1.54) is 52.8 Å². The van der Waals surface area contributed by atoms with E-state index in [-0.39, 0.29) is 17.9 Å². The Morgan fingerprint density at radius 1 is 1.33 bits per heavy atom. The number of ether oxygens (including phenoxy) is 1. The van der Waals surface area contributed by atoms with Gasteiger partial charge in [0.15, 0.2) is 16.7 Å². The average molecular weight is 445 g/mol. The predicted octanol–water partition coefficient (Wildman–Crippen LogP) is 3.98. The second-order valence-electron chi connectivity index (χ2n) is 6.58. The summed E-state index contributed by atoms with van der Waals surface area (Å²) in [5, 5.41) is 5.30. The van der Waals surface area contributed by atoms with E-state index in [9.17, 15) is 14.0 Å². The molecular weight excluding hydrogens is 427 g/mol. The molecule has 1 N–H and O–H groups in total. The molecule has 1 aromatic carbocycles. The van der Waals surface area contributed by atoms with Crippen LogP contribution in [-0.2, 0) is 11.3 Å². The lowest BCUT2D eigenvalue weighted by atomic mass is 10.1. The Morgan fingerprint density at radius 3 is 2.87 bits per heavy atom. The van der Waals surface area contributed by atoms with Crippen molar-refractivity contribution in [2.24, 2.45) is 0 Å². The standard InChI is InChI=1S/C20H17FN4O3S2/c1-10-11(2)30-18-17(10)19(27)25(9-22-18)7-16(26)24-20-23-14(8-29-20)12-4-5-15(28-3)13(21)6-12/h4-6,8-9H,7H2,1-3H3,(H,23,24,26). The van der Waals surface area contributed by atoms with Gasteiger partial charge in [-0.05, 0) is 37.6 Å². The molecule has 7 nitrogen and oxygen atoms in total. The number of aromatic nitrogens is 3. The zero-order valence-corrected chi connectivity index (χ0v) is 18.0. The number of amides is 1. The van der Waals surface area contributed by atoms with Crippen molar-refractivity contribution < 1.29 is 13.9 Å². The Hall–Kier alpha value is -3.11. The summed E-state index contributed by atoms with van der Waals surface area (Å²) in [6.45, 7) is 3.63. The van der Waals surface area contributed by atoms with E-state index >= 15 is 0 Å². The van der Waals surface area contributed by atoms with Crippen LogP contribution in [0.15, 0.2) is 34.7 Å². The molecule has 0 radical (unpaired) electrons. The molecule has 0 aliphatic heterocycles. The van der Waals surface area contributed by atoms with Crippen molar-refractivity contribution in [1.82, 2.24) is 14.5 Å². The van der Waals surface area contributed by atoms with Crippen LogP contribution in [-0.4, -0.2) is 27.6 Å². The molecule has 3 aromatic heterocycles. The molecule has 0 saturated heterocycles. The summed E-state index contributed by atoms with van der Waals surface area (Å²) >= 11 is 2.67. The van der Waals surface area contributed by atoms with Crippen LogP contribution in [0.2, 0.25) is 0 Å².